The highest BCUT2D eigenvalue weighted by atomic mass is 35.6. The SMILES string of the molecule is C=CCCCCCCCC[Si](C)(C)Cl. The summed E-state index contributed by atoms with van der Waals surface area (Å²) in [5.41, 5.74) is 0. The Kier molecular flexibility index (Phi) is 8.70. The van der Waals surface area contributed by atoms with E-state index in [0.717, 1.165) is 0 Å². The molecule has 0 aromatic rings. The van der Waals surface area contributed by atoms with Crippen LogP contribution in [0.4, 0.5) is 0 Å². The maximum Gasteiger partial charge on any atom is 0.150 e. The number of unbranched alkanes of at least 4 members (excludes halogenated alkanes) is 6. The van der Waals surface area contributed by atoms with E-state index in [1.807, 2.05) is 6.08 Å². The first-order chi connectivity index (χ1) is 6.56. The molecule has 0 nitrogen and oxygen atoms in total. The zero-order valence-corrected chi connectivity index (χ0v) is 11.6. The summed E-state index contributed by atoms with van der Waals surface area (Å²) in [4.78, 5) is 0. The summed E-state index contributed by atoms with van der Waals surface area (Å²) in [5, 5.41) is 0. The highest BCUT2D eigenvalue weighted by Gasteiger charge is 2.15. The number of rotatable bonds is 9. The van der Waals surface area contributed by atoms with Gasteiger partial charge in [0.2, 0.25) is 0 Å². The molecule has 0 bridgehead atoms. The fourth-order valence-corrected chi connectivity index (χ4v) is 3.03. The fourth-order valence-electron chi connectivity index (χ4n) is 1.54. The molecule has 0 aliphatic rings. The summed E-state index contributed by atoms with van der Waals surface area (Å²) in [7, 11) is -1.28. The number of hydrogen-bond acceptors (Lipinski definition) is 0. The third-order valence-electron chi connectivity index (χ3n) is 2.43. The van der Waals surface area contributed by atoms with E-state index in [1.54, 1.807) is 0 Å². The van der Waals surface area contributed by atoms with Gasteiger partial charge in [0.25, 0.3) is 0 Å². The summed E-state index contributed by atoms with van der Waals surface area (Å²) >= 11 is 6.24. The largest absolute Gasteiger partial charge is 0.168 e. The summed E-state index contributed by atoms with van der Waals surface area (Å²) in [5.74, 6) is 0. The van der Waals surface area contributed by atoms with Gasteiger partial charge in [-0.15, -0.1) is 6.58 Å². The lowest BCUT2D eigenvalue weighted by Crippen LogP contribution is -2.14. The minimum atomic E-state index is -1.28. The molecule has 0 aromatic heterocycles. The number of halogens is 1. The molecule has 0 amide bonds. The van der Waals surface area contributed by atoms with Crippen molar-refractivity contribution in [3.8, 4) is 0 Å². The molecule has 0 heterocycles. The van der Waals surface area contributed by atoms with Gasteiger partial charge in [-0.3, -0.25) is 0 Å². The Hall–Kier alpha value is 0.247. The van der Waals surface area contributed by atoms with Crippen LogP contribution < -0.4 is 0 Å². The molecule has 0 aliphatic carbocycles. The third-order valence-corrected chi connectivity index (χ3v) is 4.54. The molecular weight excluding hydrogens is 208 g/mol. The molecule has 0 rings (SSSR count). The molecule has 0 unspecified atom stereocenters. The van der Waals surface area contributed by atoms with Crippen LogP contribution in [0, 0.1) is 0 Å². The molecule has 0 aliphatic heterocycles. The Morgan fingerprint density at radius 2 is 1.50 bits per heavy atom. The smallest absolute Gasteiger partial charge is 0.150 e. The third kappa shape index (κ3) is 12.2. The molecule has 0 fully saturated rings. The first-order valence-corrected chi connectivity index (χ1v) is 10.1. The Morgan fingerprint density at radius 1 is 1.00 bits per heavy atom. The van der Waals surface area contributed by atoms with Gasteiger partial charge in [-0.05, 0) is 18.9 Å². The zero-order chi connectivity index (χ0) is 10.9. The lowest BCUT2D eigenvalue weighted by molar-refractivity contribution is 0.610. The average Bonchev–Trinajstić information content (AvgIpc) is 2.08. The quantitative estimate of drug-likeness (QED) is 0.218. The number of allylic oxidation sites excluding steroid dienone is 1. The van der Waals surface area contributed by atoms with Gasteiger partial charge in [0.05, 0.1) is 0 Å². The van der Waals surface area contributed by atoms with Crippen molar-refractivity contribution >= 4 is 18.5 Å². The summed E-state index contributed by atoms with van der Waals surface area (Å²) in [6, 6.07) is 1.28. The second-order valence-corrected chi connectivity index (χ2v) is 11.7. The van der Waals surface area contributed by atoms with Crippen LogP contribution in [0.5, 0.6) is 0 Å². The maximum atomic E-state index is 6.24. The van der Waals surface area contributed by atoms with Crippen molar-refractivity contribution in [2.45, 2.75) is 64.1 Å². The van der Waals surface area contributed by atoms with Crippen molar-refractivity contribution < 1.29 is 0 Å². The second kappa shape index (κ2) is 8.55. The van der Waals surface area contributed by atoms with E-state index in [-0.39, 0.29) is 0 Å². The molecule has 0 atom stereocenters. The van der Waals surface area contributed by atoms with E-state index in [9.17, 15) is 0 Å². The Balaban J connectivity index is 3.03. The highest BCUT2D eigenvalue weighted by molar-refractivity contribution is 7.19. The Morgan fingerprint density at radius 3 is 2.00 bits per heavy atom. The van der Waals surface area contributed by atoms with Gasteiger partial charge in [-0.2, -0.15) is 11.1 Å². The summed E-state index contributed by atoms with van der Waals surface area (Å²) < 4.78 is 0. The van der Waals surface area contributed by atoms with Crippen LogP contribution >= 0.6 is 11.1 Å². The first kappa shape index (κ1) is 14.2. The molecule has 14 heavy (non-hydrogen) atoms. The van der Waals surface area contributed by atoms with Crippen molar-refractivity contribution in [3.05, 3.63) is 12.7 Å². The van der Waals surface area contributed by atoms with Gasteiger partial charge in [0.1, 0.15) is 7.38 Å². The number of hydrogen-bond donors (Lipinski definition) is 0. The predicted octanol–water partition coefficient (Wildman–Crippen LogP) is 5.35. The van der Waals surface area contributed by atoms with Crippen molar-refractivity contribution in [1.82, 2.24) is 0 Å². The molecular formula is C12H25ClSi. The second-order valence-electron chi connectivity index (χ2n) is 4.67. The minimum absolute atomic E-state index is 1.18. The van der Waals surface area contributed by atoms with E-state index in [2.05, 4.69) is 19.7 Å². The topological polar surface area (TPSA) is 0 Å². The van der Waals surface area contributed by atoms with Crippen LogP contribution in [0.3, 0.4) is 0 Å². The van der Waals surface area contributed by atoms with Crippen molar-refractivity contribution in [2.24, 2.45) is 0 Å². The van der Waals surface area contributed by atoms with Gasteiger partial charge in [-0.25, -0.2) is 0 Å². The van der Waals surface area contributed by atoms with Gasteiger partial charge < -0.3 is 0 Å². The van der Waals surface area contributed by atoms with Crippen LogP contribution in [-0.4, -0.2) is 7.38 Å². The van der Waals surface area contributed by atoms with E-state index >= 15 is 0 Å². The van der Waals surface area contributed by atoms with E-state index in [0.29, 0.717) is 0 Å². The normalized spacial score (nSPS) is 11.6. The van der Waals surface area contributed by atoms with Crippen LogP contribution in [0.15, 0.2) is 12.7 Å². The molecule has 0 saturated heterocycles. The molecule has 2 heteroatoms. The zero-order valence-electron chi connectivity index (χ0n) is 9.82. The van der Waals surface area contributed by atoms with Crippen LogP contribution in [0.1, 0.15) is 44.9 Å². The van der Waals surface area contributed by atoms with Crippen molar-refractivity contribution in [2.75, 3.05) is 0 Å². The Labute approximate surface area is 95.5 Å². The van der Waals surface area contributed by atoms with Gasteiger partial charge in [0, 0.05) is 0 Å². The highest BCUT2D eigenvalue weighted by Crippen LogP contribution is 2.19. The van der Waals surface area contributed by atoms with Gasteiger partial charge in [0.15, 0.2) is 0 Å². The monoisotopic (exact) mass is 232 g/mol. The minimum Gasteiger partial charge on any atom is -0.168 e. The molecule has 84 valence electrons. The van der Waals surface area contributed by atoms with Gasteiger partial charge in [-0.1, -0.05) is 51.3 Å². The van der Waals surface area contributed by atoms with Gasteiger partial charge >= 0.3 is 0 Å². The summed E-state index contributed by atoms with van der Waals surface area (Å²) in [6.07, 6.45) is 11.4. The first-order valence-electron chi connectivity index (χ1n) is 5.86. The maximum absolute atomic E-state index is 6.24. The molecule has 0 N–H and O–H groups in total. The molecule has 0 saturated carbocycles. The Bertz CT molecular complexity index is 138. The fraction of sp³-hybridized carbons (Fsp3) is 0.833. The molecule has 0 aromatic carbocycles. The predicted molar refractivity (Wildman–Crippen MR) is 70.7 cm³/mol. The van der Waals surface area contributed by atoms with Crippen LogP contribution in [-0.2, 0) is 0 Å². The van der Waals surface area contributed by atoms with Crippen LogP contribution in [0.25, 0.3) is 0 Å². The average molecular weight is 233 g/mol. The van der Waals surface area contributed by atoms with E-state index < -0.39 is 7.38 Å². The molecule has 0 radical (unpaired) electrons. The van der Waals surface area contributed by atoms with E-state index in [1.165, 1.54) is 51.0 Å². The van der Waals surface area contributed by atoms with Crippen LogP contribution in [0.2, 0.25) is 19.1 Å². The molecule has 0 spiro atoms. The summed E-state index contributed by atoms with van der Waals surface area (Å²) in [6.45, 7) is 8.19. The standard InChI is InChI=1S/C12H25ClSi/c1-4-5-6-7-8-9-10-11-12-14(2,3)13/h4H,1,5-12H2,2-3H3. The van der Waals surface area contributed by atoms with Crippen molar-refractivity contribution in [1.29, 1.82) is 0 Å². The van der Waals surface area contributed by atoms with E-state index in [4.69, 9.17) is 11.1 Å². The lowest BCUT2D eigenvalue weighted by Gasteiger charge is -2.11. The lowest BCUT2D eigenvalue weighted by atomic mass is 10.1. The van der Waals surface area contributed by atoms with Crippen molar-refractivity contribution in [3.63, 3.8) is 0 Å².